The fourth-order valence-electron chi connectivity index (χ4n) is 3.71. The highest BCUT2D eigenvalue weighted by Gasteiger charge is 2.15. The lowest BCUT2D eigenvalue weighted by molar-refractivity contribution is 0.0847. The average molecular weight is 409 g/mol. The Balaban J connectivity index is 1.30. The van der Waals surface area contributed by atoms with Crippen molar-refractivity contribution >= 4 is 33.8 Å². The Morgan fingerprint density at radius 3 is 2.29 bits per heavy atom. The van der Waals surface area contributed by atoms with Crippen LogP contribution in [0.5, 0.6) is 0 Å². The van der Waals surface area contributed by atoms with E-state index >= 15 is 0 Å². The van der Waals surface area contributed by atoms with E-state index in [0.717, 1.165) is 27.6 Å². The molecule has 31 heavy (non-hydrogen) atoms. The van der Waals surface area contributed by atoms with E-state index in [1.54, 1.807) is 24.7 Å². The zero-order valence-electron chi connectivity index (χ0n) is 16.7. The number of fused-ring (bicyclic) bond motifs is 2. The second-order valence-electron chi connectivity index (χ2n) is 7.23. The Bertz CT molecular complexity index is 1430. The van der Waals surface area contributed by atoms with Gasteiger partial charge in [0.05, 0.1) is 16.6 Å². The highest BCUT2D eigenvalue weighted by molar-refractivity contribution is 6.08. The van der Waals surface area contributed by atoms with E-state index in [9.17, 15) is 9.59 Å². The van der Waals surface area contributed by atoms with Gasteiger partial charge in [-0.3, -0.25) is 25.0 Å². The molecule has 5 rings (SSSR count). The van der Waals surface area contributed by atoms with Crippen LogP contribution in [-0.4, -0.2) is 25.9 Å². The van der Waals surface area contributed by atoms with Crippen molar-refractivity contribution in [2.45, 2.75) is 0 Å². The van der Waals surface area contributed by atoms with Gasteiger partial charge in [-0.1, -0.05) is 30.3 Å². The lowest BCUT2D eigenvalue weighted by Gasteiger charge is -2.08. The molecule has 0 radical (unpaired) electrons. The van der Waals surface area contributed by atoms with Crippen LogP contribution < -0.4 is 10.9 Å². The molecule has 0 fully saturated rings. The largest absolute Gasteiger partial charge is 0.350 e. The van der Waals surface area contributed by atoms with Gasteiger partial charge in [-0.25, -0.2) is 4.98 Å². The van der Waals surface area contributed by atoms with Crippen LogP contribution in [-0.2, 0) is 7.05 Å². The van der Waals surface area contributed by atoms with Crippen molar-refractivity contribution in [2.75, 3.05) is 0 Å². The Labute approximate surface area is 177 Å². The summed E-state index contributed by atoms with van der Waals surface area (Å²) in [5, 5.41) is 0.827. The Morgan fingerprint density at radius 1 is 0.806 bits per heavy atom. The standard InChI is InChI=1S/C24H19N5O2/c1-28-14-19(18-6-2-4-8-21(18)28)24(31)27-26-23(30)16-10-12-17(13-11-16)29-15-25-20-7-3-5-9-22(20)29/h2-15H,1H3,(H,26,30)(H,27,31). The SMILES string of the molecule is Cn1cc(C(=O)NNC(=O)c2ccc(-n3cnc4ccccc43)cc2)c2ccccc21. The predicted octanol–water partition coefficient (Wildman–Crippen LogP) is 3.59. The number of carbonyl (C=O) groups is 2. The zero-order chi connectivity index (χ0) is 21.4. The zero-order valence-corrected chi connectivity index (χ0v) is 16.7. The van der Waals surface area contributed by atoms with Crippen molar-refractivity contribution in [1.82, 2.24) is 25.0 Å². The molecule has 0 aliphatic heterocycles. The van der Waals surface area contributed by atoms with Gasteiger partial charge in [-0.15, -0.1) is 0 Å². The predicted molar refractivity (Wildman–Crippen MR) is 119 cm³/mol. The van der Waals surface area contributed by atoms with Gasteiger partial charge < -0.3 is 4.57 Å². The summed E-state index contributed by atoms with van der Waals surface area (Å²) in [7, 11) is 1.88. The highest BCUT2D eigenvalue weighted by atomic mass is 16.2. The third kappa shape index (κ3) is 3.32. The van der Waals surface area contributed by atoms with E-state index in [1.165, 1.54) is 0 Å². The molecule has 0 unspecified atom stereocenters. The normalized spacial score (nSPS) is 11.0. The molecule has 0 saturated carbocycles. The van der Waals surface area contributed by atoms with E-state index in [-0.39, 0.29) is 5.91 Å². The molecule has 0 bridgehead atoms. The topological polar surface area (TPSA) is 81.0 Å². The summed E-state index contributed by atoms with van der Waals surface area (Å²) in [5.74, 6) is -0.762. The van der Waals surface area contributed by atoms with Crippen LogP contribution >= 0.6 is 0 Å². The van der Waals surface area contributed by atoms with Gasteiger partial charge in [0.1, 0.15) is 6.33 Å². The number of nitrogens with zero attached hydrogens (tertiary/aromatic N) is 3. The molecule has 0 aliphatic carbocycles. The van der Waals surface area contributed by atoms with E-state index in [1.807, 2.05) is 76.8 Å². The molecule has 2 aromatic heterocycles. The molecule has 152 valence electrons. The van der Waals surface area contributed by atoms with Crippen LogP contribution in [0.15, 0.2) is 85.3 Å². The third-order valence-electron chi connectivity index (χ3n) is 5.29. The molecule has 2 heterocycles. The molecule has 2 amide bonds. The van der Waals surface area contributed by atoms with Gasteiger partial charge in [0, 0.05) is 35.4 Å². The second-order valence-corrected chi connectivity index (χ2v) is 7.23. The minimum absolute atomic E-state index is 0.369. The smallest absolute Gasteiger partial charge is 0.271 e. The summed E-state index contributed by atoms with van der Waals surface area (Å²) in [6, 6.07) is 22.6. The number of aromatic nitrogens is 3. The minimum atomic E-state index is -0.393. The van der Waals surface area contributed by atoms with Crippen molar-refractivity contribution < 1.29 is 9.59 Å². The first-order chi connectivity index (χ1) is 15.1. The summed E-state index contributed by atoms with van der Waals surface area (Å²) in [5.41, 5.74) is 9.66. The van der Waals surface area contributed by atoms with Crippen LogP contribution in [0.3, 0.4) is 0 Å². The average Bonchev–Trinajstić information content (AvgIpc) is 3.39. The van der Waals surface area contributed by atoms with Crippen molar-refractivity contribution in [1.29, 1.82) is 0 Å². The number of nitrogens with one attached hydrogen (secondary N) is 2. The molecular weight excluding hydrogens is 390 g/mol. The van der Waals surface area contributed by atoms with Crippen LogP contribution in [0.4, 0.5) is 0 Å². The van der Waals surface area contributed by atoms with Crippen LogP contribution in [0.2, 0.25) is 0 Å². The monoisotopic (exact) mass is 409 g/mol. The van der Waals surface area contributed by atoms with Crippen molar-refractivity contribution in [3.05, 3.63) is 96.4 Å². The molecular formula is C24H19N5O2. The van der Waals surface area contributed by atoms with Crippen molar-refractivity contribution in [2.24, 2.45) is 7.05 Å². The molecule has 5 aromatic rings. The molecule has 2 N–H and O–H groups in total. The lowest BCUT2D eigenvalue weighted by Crippen LogP contribution is -2.41. The maximum atomic E-state index is 12.6. The van der Waals surface area contributed by atoms with Crippen LogP contribution in [0, 0.1) is 0 Å². The highest BCUT2D eigenvalue weighted by Crippen LogP contribution is 2.20. The van der Waals surface area contributed by atoms with Gasteiger partial charge in [-0.2, -0.15) is 0 Å². The fourth-order valence-corrected chi connectivity index (χ4v) is 3.71. The number of hydrogen-bond acceptors (Lipinski definition) is 3. The molecule has 7 heteroatoms. The van der Waals surface area contributed by atoms with E-state index < -0.39 is 5.91 Å². The molecule has 0 atom stereocenters. The number of hydrogen-bond donors (Lipinski definition) is 2. The quantitative estimate of drug-likeness (QED) is 0.447. The molecule has 0 saturated heterocycles. The molecule has 0 spiro atoms. The molecule has 3 aromatic carbocycles. The van der Waals surface area contributed by atoms with Crippen LogP contribution in [0.1, 0.15) is 20.7 Å². The van der Waals surface area contributed by atoms with Gasteiger partial charge >= 0.3 is 0 Å². The summed E-state index contributed by atoms with van der Waals surface area (Å²) >= 11 is 0. The molecule has 0 aliphatic rings. The van der Waals surface area contributed by atoms with Gasteiger partial charge in [0.2, 0.25) is 0 Å². The van der Waals surface area contributed by atoms with Crippen LogP contribution in [0.25, 0.3) is 27.6 Å². The first kappa shape index (κ1) is 18.6. The number of carbonyl (C=O) groups excluding carboxylic acids is 2. The van der Waals surface area contributed by atoms with Gasteiger partial charge in [-0.05, 0) is 42.5 Å². The first-order valence-corrected chi connectivity index (χ1v) is 9.79. The number of benzene rings is 3. The Hall–Kier alpha value is -4.39. The number of para-hydroxylation sites is 3. The van der Waals surface area contributed by atoms with Gasteiger partial charge in [0.25, 0.3) is 11.8 Å². The maximum absolute atomic E-state index is 12.6. The number of imidazole rings is 1. The first-order valence-electron chi connectivity index (χ1n) is 9.79. The van der Waals surface area contributed by atoms with Gasteiger partial charge in [0.15, 0.2) is 0 Å². The molecule has 7 nitrogen and oxygen atoms in total. The Kier molecular flexibility index (Phi) is 4.48. The van der Waals surface area contributed by atoms with E-state index in [0.29, 0.717) is 11.1 Å². The summed E-state index contributed by atoms with van der Waals surface area (Å²) in [4.78, 5) is 29.5. The van der Waals surface area contributed by atoms with Crippen molar-refractivity contribution in [3.8, 4) is 5.69 Å². The lowest BCUT2D eigenvalue weighted by atomic mass is 10.1. The number of hydrazine groups is 1. The maximum Gasteiger partial charge on any atom is 0.271 e. The van der Waals surface area contributed by atoms with E-state index in [2.05, 4.69) is 15.8 Å². The number of rotatable bonds is 3. The van der Waals surface area contributed by atoms with Crippen molar-refractivity contribution in [3.63, 3.8) is 0 Å². The number of amides is 2. The fraction of sp³-hybridized carbons (Fsp3) is 0.0417. The summed E-state index contributed by atoms with van der Waals surface area (Å²) in [6.07, 6.45) is 3.50. The second kappa shape index (κ2) is 7.46. The van der Waals surface area contributed by atoms with E-state index in [4.69, 9.17) is 0 Å². The minimum Gasteiger partial charge on any atom is -0.350 e. The summed E-state index contributed by atoms with van der Waals surface area (Å²) < 4.78 is 3.84. The number of aryl methyl sites for hydroxylation is 1. The summed E-state index contributed by atoms with van der Waals surface area (Å²) in [6.45, 7) is 0. The third-order valence-corrected chi connectivity index (χ3v) is 5.29. The Morgan fingerprint density at radius 2 is 1.48 bits per heavy atom.